The molecule has 1 N–H and O–H groups in total. The molecule has 0 aliphatic heterocycles. The molecule has 1 rings (SSSR count). The Morgan fingerprint density at radius 3 is 2.42 bits per heavy atom. The van der Waals surface area contributed by atoms with Crippen LogP contribution in [0.25, 0.3) is 0 Å². The molecule has 0 unspecified atom stereocenters. The summed E-state index contributed by atoms with van der Waals surface area (Å²) >= 11 is 0. The number of aliphatic hydroxyl groups excluding tert-OH is 1. The number of aryl methyl sites for hydroxylation is 2. The van der Waals surface area contributed by atoms with E-state index in [0.717, 1.165) is 0 Å². The molecule has 19 heavy (non-hydrogen) atoms. The molecule has 5 nitrogen and oxygen atoms in total. The van der Waals surface area contributed by atoms with Gasteiger partial charge in [0, 0.05) is 13.2 Å². The molecule has 0 spiro atoms. The number of aliphatic hydroxyl groups is 1. The molecule has 0 aliphatic carbocycles. The molecule has 0 saturated carbocycles. The van der Waals surface area contributed by atoms with Crippen LogP contribution in [0.2, 0.25) is 0 Å². The third kappa shape index (κ3) is 3.50. The standard InChI is InChI=1S/C14H23N3O2/c1-9-11(7-15-10(2)16-9)13(19)17(6)12(8-18)14(3,4)5/h7,12,18H,8H2,1-6H3/t12-/m1/s1. The van der Waals surface area contributed by atoms with Gasteiger partial charge in [-0.1, -0.05) is 20.8 Å². The van der Waals surface area contributed by atoms with Gasteiger partial charge in [-0.05, 0) is 19.3 Å². The maximum absolute atomic E-state index is 12.5. The van der Waals surface area contributed by atoms with Crippen LogP contribution in [0.15, 0.2) is 6.20 Å². The summed E-state index contributed by atoms with van der Waals surface area (Å²) in [6.07, 6.45) is 1.55. The van der Waals surface area contributed by atoms with Crippen LogP contribution in [0.4, 0.5) is 0 Å². The molecule has 0 radical (unpaired) electrons. The highest BCUT2D eigenvalue weighted by Gasteiger charge is 2.31. The number of hydrogen-bond donors (Lipinski definition) is 1. The first-order valence-corrected chi connectivity index (χ1v) is 6.36. The van der Waals surface area contributed by atoms with Crippen molar-refractivity contribution in [2.24, 2.45) is 5.41 Å². The van der Waals surface area contributed by atoms with Crippen molar-refractivity contribution >= 4 is 5.91 Å². The van der Waals surface area contributed by atoms with Crippen LogP contribution < -0.4 is 0 Å². The van der Waals surface area contributed by atoms with E-state index in [1.165, 1.54) is 0 Å². The lowest BCUT2D eigenvalue weighted by Gasteiger charge is -2.36. The smallest absolute Gasteiger partial charge is 0.257 e. The number of nitrogens with zero attached hydrogens (tertiary/aromatic N) is 3. The van der Waals surface area contributed by atoms with Gasteiger partial charge >= 0.3 is 0 Å². The molecular weight excluding hydrogens is 242 g/mol. The quantitative estimate of drug-likeness (QED) is 0.901. The van der Waals surface area contributed by atoms with Crippen molar-refractivity contribution in [2.45, 2.75) is 40.7 Å². The number of carbonyl (C=O) groups excluding carboxylic acids is 1. The Hall–Kier alpha value is -1.49. The second-order valence-electron chi connectivity index (χ2n) is 5.90. The number of hydrogen-bond acceptors (Lipinski definition) is 4. The summed E-state index contributed by atoms with van der Waals surface area (Å²) in [4.78, 5) is 22.3. The van der Waals surface area contributed by atoms with E-state index in [-0.39, 0.29) is 24.0 Å². The van der Waals surface area contributed by atoms with E-state index in [1.54, 1.807) is 32.0 Å². The van der Waals surface area contributed by atoms with Gasteiger partial charge in [-0.3, -0.25) is 4.79 Å². The summed E-state index contributed by atoms with van der Waals surface area (Å²) in [5, 5.41) is 9.52. The van der Waals surface area contributed by atoms with Crippen LogP contribution in [-0.2, 0) is 0 Å². The molecule has 0 fully saturated rings. The van der Waals surface area contributed by atoms with Gasteiger partial charge < -0.3 is 10.0 Å². The lowest BCUT2D eigenvalue weighted by atomic mass is 9.86. The van der Waals surface area contributed by atoms with Crippen molar-refractivity contribution in [3.8, 4) is 0 Å². The van der Waals surface area contributed by atoms with E-state index in [2.05, 4.69) is 9.97 Å². The molecule has 1 heterocycles. The van der Waals surface area contributed by atoms with E-state index >= 15 is 0 Å². The molecule has 0 aliphatic rings. The average molecular weight is 265 g/mol. The van der Waals surface area contributed by atoms with Gasteiger partial charge in [0.25, 0.3) is 5.91 Å². The topological polar surface area (TPSA) is 66.3 Å². The second kappa shape index (κ2) is 5.65. The molecule has 0 bridgehead atoms. The first kappa shape index (κ1) is 15.6. The Kier molecular flexibility index (Phi) is 4.63. The highest BCUT2D eigenvalue weighted by Crippen LogP contribution is 2.24. The molecule has 1 amide bonds. The van der Waals surface area contributed by atoms with Gasteiger partial charge in [-0.15, -0.1) is 0 Å². The van der Waals surface area contributed by atoms with Crippen molar-refractivity contribution in [1.29, 1.82) is 0 Å². The van der Waals surface area contributed by atoms with Crippen molar-refractivity contribution in [3.63, 3.8) is 0 Å². The lowest BCUT2D eigenvalue weighted by molar-refractivity contribution is 0.0432. The zero-order chi connectivity index (χ0) is 14.8. The van der Waals surface area contributed by atoms with Crippen LogP contribution >= 0.6 is 0 Å². The molecule has 1 atom stereocenters. The number of aromatic nitrogens is 2. The number of carbonyl (C=O) groups is 1. The molecule has 106 valence electrons. The Balaban J connectivity index is 3.05. The normalized spacial score (nSPS) is 13.2. The van der Waals surface area contributed by atoms with Crippen molar-refractivity contribution in [1.82, 2.24) is 14.9 Å². The van der Waals surface area contributed by atoms with Crippen LogP contribution in [0, 0.1) is 19.3 Å². The van der Waals surface area contributed by atoms with Gasteiger partial charge in [0.2, 0.25) is 0 Å². The van der Waals surface area contributed by atoms with Gasteiger partial charge in [0.1, 0.15) is 5.82 Å². The van der Waals surface area contributed by atoms with E-state index < -0.39 is 0 Å². The average Bonchev–Trinajstić information content (AvgIpc) is 2.27. The van der Waals surface area contributed by atoms with E-state index in [0.29, 0.717) is 17.1 Å². The third-order valence-electron chi connectivity index (χ3n) is 3.29. The van der Waals surface area contributed by atoms with Crippen LogP contribution in [0.3, 0.4) is 0 Å². The Morgan fingerprint density at radius 1 is 1.42 bits per heavy atom. The van der Waals surface area contributed by atoms with Crippen LogP contribution in [0.5, 0.6) is 0 Å². The highest BCUT2D eigenvalue weighted by atomic mass is 16.3. The fourth-order valence-electron chi connectivity index (χ4n) is 2.10. The maximum Gasteiger partial charge on any atom is 0.257 e. The maximum atomic E-state index is 12.5. The largest absolute Gasteiger partial charge is 0.394 e. The Morgan fingerprint density at radius 2 is 2.00 bits per heavy atom. The monoisotopic (exact) mass is 265 g/mol. The van der Waals surface area contributed by atoms with E-state index in [4.69, 9.17) is 0 Å². The summed E-state index contributed by atoms with van der Waals surface area (Å²) in [5.41, 5.74) is 0.948. The Bertz CT molecular complexity index is 466. The predicted molar refractivity (Wildman–Crippen MR) is 73.9 cm³/mol. The molecule has 1 aromatic heterocycles. The first-order chi connectivity index (χ1) is 8.68. The summed E-state index contributed by atoms with van der Waals surface area (Å²) in [5.74, 6) is 0.484. The number of likely N-dealkylation sites (N-methyl/N-ethyl adjacent to an activating group) is 1. The molecule has 0 aromatic carbocycles. The lowest BCUT2D eigenvalue weighted by Crippen LogP contribution is -2.47. The molecule has 1 aromatic rings. The number of rotatable bonds is 3. The van der Waals surface area contributed by atoms with Crippen LogP contribution in [-0.4, -0.2) is 45.6 Å². The first-order valence-electron chi connectivity index (χ1n) is 6.36. The van der Waals surface area contributed by atoms with E-state index in [9.17, 15) is 9.90 Å². The molecular formula is C14H23N3O2. The Labute approximate surface area is 114 Å². The summed E-state index contributed by atoms with van der Waals surface area (Å²) in [6.45, 7) is 9.50. The van der Waals surface area contributed by atoms with Crippen molar-refractivity contribution in [2.75, 3.05) is 13.7 Å². The molecule has 5 heteroatoms. The fraction of sp³-hybridized carbons (Fsp3) is 0.643. The van der Waals surface area contributed by atoms with Crippen molar-refractivity contribution in [3.05, 3.63) is 23.3 Å². The second-order valence-corrected chi connectivity index (χ2v) is 5.90. The summed E-state index contributed by atoms with van der Waals surface area (Å²) in [7, 11) is 1.70. The summed E-state index contributed by atoms with van der Waals surface area (Å²) in [6, 6.07) is -0.249. The SMILES string of the molecule is Cc1ncc(C(=O)N(C)[C@H](CO)C(C)(C)C)c(C)n1. The van der Waals surface area contributed by atoms with E-state index in [1.807, 2.05) is 20.8 Å². The van der Waals surface area contributed by atoms with Gasteiger partial charge in [-0.25, -0.2) is 9.97 Å². The van der Waals surface area contributed by atoms with Crippen LogP contribution in [0.1, 0.15) is 42.6 Å². The molecule has 0 saturated heterocycles. The van der Waals surface area contributed by atoms with Gasteiger partial charge in [0.05, 0.1) is 23.9 Å². The predicted octanol–water partition coefficient (Wildman–Crippen LogP) is 1.57. The zero-order valence-corrected chi connectivity index (χ0v) is 12.6. The fourth-order valence-corrected chi connectivity index (χ4v) is 2.10. The minimum absolute atomic E-state index is 0.0719. The summed E-state index contributed by atoms with van der Waals surface area (Å²) < 4.78 is 0. The third-order valence-corrected chi connectivity index (χ3v) is 3.29. The highest BCUT2D eigenvalue weighted by molar-refractivity contribution is 5.95. The zero-order valence-electron chi connectivity index (χ0n) is 12.6. The number of amides is 1. The van der Waals surface area contributed by atoms with Gasteiger partial charge in [0.15, 0.2) is 0 Å². The minimum Gasteiger partial charge on any atom is -0.394 e. The van der Waals surface area contributed by atoms with Crippen molar-refractivity contribution < 1.29 is 9.90 Å². The minimum atomic E-state index is -0.249. The van der Waals surface area contributed by atoms with Gasteiger partial charge in [-0.2, -0.15) is 0 Å².